The molecular weight excluding hydrogens is 266 g/mol. The maximum absolute atomic E-state index is 12.8. The second kappa shape index (κ2) is 5.51. The summed E-state index contributed by atoms with van der Waals surface area (Å²) in [7, 11) is 0. The Morgan fingerprint density at radius 2 is 2.00 bits per heavy atom. The van der Waals surface area contributed by atoms with Crippen molar-refractivity contribution in [1.29, 1.82) is 0 Å². The van der Waals surface area contributed by atoms with Gasteiger partial charge in [-0.15, -0.1) is 0 Å². The maximum Gasteiger partial charge on any atom is 0.308 e. The summed E-state index contributed by atoms with van der Waals surface area (Å²) < 4.78 is 0. The molecule has 1 heterocycles. The van der Waals surface area contributed by atoms with Crippen LogP contribution in [0.25, 0.3) is 0 Å². The quantitative estimate of drug-likeness (QED) is 0.908. The number of carboxylic acid groups (broad SMARTS) is 1. The molecule has 1 amide bonds. The lowest BCUT2D eigenvalue weighted by atomic mass is 9.89. The number of hydrogen-bond donors (Lipinski definition) is 1. The number of aryl methyl sites for hydroxylation is 1. The van der Waals surface area contributed by atoms with Crippen LogP contribution in [0.1, 0.15) is 36.8 Å². The van der Waals surface area contributed by atoms with Crippen LogP contribution in [0, 0.1) is 11.8 Å². The first-order chi connectivity index (χ1) is 10.1. The van der Waals surface area contributed by atoms with Gasteiger partial charge in [-0.25, -0.2) is 0 Å². The number of carbonyl (C=O) groups is 2. The Balaban J connectivity index is 1.78. The van der Waals surface area contributed by atoms with Gasteiger partial charge in [0.25, 0.3) is 0 Å². The van der Waals surface area contributed by atoms with E-state index >= 15 is 0 Å². The molecule has 0 spiro atoms. The molecule has 21 heavy (non-hydrogen) atoms. The van der Waals surface area contributed by atoms with Gasteiger partial charge in [0.1, 0.15) is 0 Å². The smallest absolute Gasteiger partial charge is 0.308 e. The van der Waals surface area contributed by atoms with Crippen LogP contribution in [0.2, 0.25) is 0 Å². The molecule has 112 valence electrons. The molecule has 3 unspecified atom stereocenters. The fraction of sp³-hybridized carbons (Fsp3) is 0.529. The van der Waals surface area contributed by atoms with Crippen LogP contribution in [0.3, 0.4) is 0 Å². The summed E-state index contributed by atoms with van der Waals surface area (Å²) in [5, 5.41) is 9.24. The van der Waals surface area contributed by atoms with E-state index in [9.17, 15) is 14.7 Å². The molecule has 0 aromatic heterocycles. The minimum Gasteiger partial charge on any atom is -0.481 e. The van der Waals surface area contributed by atoms with Gasteiger partial charge in [0.15, 0.2) is 0 Å². The highest BCUT2D eigenvalue weighted by Gasteiger charge is 2.37. The van der Waals surface area contributed by atoms with Gasteiger partial charge in [-0.1, -0.05) is 31.2 Å². The van der Waals surface area contributed by atoms with Gasteiger partial charge >= 0.3 is 5.97 Å². The highest BCUT2D eigenvalue weighted by Crippen LogP contribution is 2.35. The van der Waals surface area contributed by atoms with Crippen molar-refractivity contribution in [3.05, 3.63) is 35.4 Å². The second-order valence-electron chi connectivity index (χ2n) is 6.41. The summed E-state index contributed by atoms with van der Waals surface area (Å²) in [5.41, 5.74) is 2.39. The van der Waals surface area contributed by atoms with E-state index in [1.54, 1.807) is 4.90 Å². The Hall–Kier alpha value is -1.84. The van der Waals surface area contributed by atoms with E-state index in [2.05, 4.69) is 6.07 Å². The lowest BCUT2D eigenvalue weighted by molar-refractivity contribution is -0.147. The van der Waals surface area contributed by atoms with Crippen LogP contribution < -0.4 is 0 Å². The van der Waals surface area contributed by atoms with Gasteiger partial charge in [0, 0.05) is 13.1 Å². The van der Waals surface area contributed by atoms with Gasteiger partial charge < -0.3 is 10.0 Å². The van der Waals surface area contributed by atoms with E-state index in [1.165, 1.54) is 5.56 Å². The predicted molar refractivity (Wildman–Crippen MR) is 79.0 cm³/mol. The molecule has 1 saturated heterocycles. The van der Waals surface area contributed by atoms with Gasteiger partial charge in [0.05, 0.1) is 11.8 Å². The number of likely N-dealkylation sites (tertiary alicyclic amines) is 1. The SMILES string of the molecule is CC1CC(C(=O)O)CN(C(=O)C2CCc3ccccc32)C1. The lowest BCUT2D eigenvalue weighted by Gasteiger charge is -2.36. The highest BCUT2D eigenvalue weighted by atomic mass is 16.4. The van der Waals surface area contributed by atoms with Crippen molar-refractivity contribution in [2.24, 2.45) is 11.8 Å². The Morgan fingerprint density at radius 3 is 2.76 bits per heavy atom. The zero-order valence-corrected chi connectivity index (χ0v) is 12.3. The number of nitrogens with zero attached hydrogens (tertiary/aromatic N) is 1. The van der Waals surface area contributed by atoms with Crippen molar-refractivity contribution in [1.82, 2.24) is 4.90 Å². The molecule has 4 heteroatoms. The fourth-order valence-corrected chi connectivity index (χ4v) is 3.74. The molecule has 1 aliphatic carbocycles. The molecule has 1 aromatic rings. The average Bonchev–Trinajstić information content (AvgIpc) is 2.89. The maximum atomic E-state index is 12.8. The van der Waals surface area contributed by atoms with Crippen LogP contribution in [0.5, 0.6) is 0 Å². The third-order valence-corrected chi connectivity index (χ3v) is 4.75. The van der Waals surface area contributed by atoms with Crippen LogP contribution in [-0.2, 0) is 16.0 Å². The fourth-order valence-electron chi connectivity index (χ4n) is 3.74. The van der Waals surface area contributed by atoms with Crippen molar-refractivity contribution in [2.75, 3.05) is 13.1 Å². The molecule has 0 radical (unpaired) electrons. The van der Waals surface area contributed by atoms with Crippen molar-refractivity contribution in [2.45, 2.75) is 32.1 Å². The first kappa shape index (κ1) is 14.1. The van der Waals surface area contributed by atoms with Crippen LogP contribution in [-0.4, -0.2) is 35.0 Å². The number of benzene rings is 1. The number of carbonyl (C=O) groups excluding carboxylic acids is 1. The van der Waals surface area contributed by atoms with Crippen molar-refractivity contribution >= 4 is 11.9 Å². The van der Waals surface area contributed by atoms with Crippen molar-refractivity contribution < 1.29 is 14.7 Å². The van der Waals surface area contributed by atoms with E-state index in [1.807, 2.05) is 25.1 Å². The molecule has 0 bridgehead atoms. The van der Waals surface area contributed by atoms with E-state index in [4.69, 9.17) is 0 Å². The Kier molecular flexibility index (Phi) is 3.70. The second-order valence-corrected chi connectivity index (χ2v) is 6.41. The summed E-state index contributed by atoms with van der Waals surface area (Å²) in [6.07, 6.45) is 2.46. The third kappa shape index (κ3) is 2.67. The molecule has 1 aromatic carbocycles. The minimum atomic E-state index is -0.786. The third-order valence-electron chi connectivity index (χ3n) is 4.75. The summed E-state index contributed by atoms with van der Waals surface area (Å²) in [5.74, 6) is -0.931. The Bertz CT molecular complexity index is 569. The largest absolute Gasteiger partial charge is 0.481 e. The number of piperidine rings is 1. The Labute approximate surface area is 124 Å². The normalized spacial score (nSPS) is 28.2. The Morgan fingerprint density at radius 1 is 1.24 bits per heavy atom. The van der Waals surface area contributed by atoms with E-state index in [0.29, 0.717) is 19.5 Å². The summed E-state index contributed by atoms with van der Waals surface area (Å²) in [6, 6.07) is 8.10. The zero-order valence-electron chi connectivity index (χ0n) is 12.3. The molecule has 1 fully saturated rings. The molecular formula is C17H21NO3. The standard InChI is InChI=1S/C17H21NO3/c1-11-8-13(17(20)21)10-18(9-11)16(19)15-7-6-12-4-2-3-5-14(12)15/h2-5,11,13,15H,6-10H2,1H3,(H,20,21). The molecule has 2 aliphatic rings. The van der Waals surface area contributed by atoms with Crippen LogP contribution >= 0.6 is 0 Å². The van der Waals surface area contributed by atoms with E-state index in [0.717, 1.165) is 18.4 Å². The zero-order chi connectivity index (χ0) is 15.0. The van der Waals surface area contributed by atoms with Crippen LogP contribution in [0.15, 0.2) is 24.3 Å². The van der Waals surface area contributed by atoms with Crippen molar-refractivity contribution in [3.63, 3.8) is 0 Å². The molecule has 4 nitrogen and oxygen atoms in total. The van der Waals surface area contributed by atoms with Gasteiger partial charge in [-0.2, -0.15) is 0 Å². The molecule has 1 N–H and O–H groups in total. The van der Waals surface area contributed by atoms with Gasteiger partial charge in [-0.3, -0.25) is 9.59 Å². The average molecular weight is 287 g/mol. The lowest BCUT2D eigenvalue weighted by Crippen LogP contribution is -2.47. The number of rotatable bonds is 2. The number of amides is 1. The molecule has 0 saturated carbocycles. The van der Waals surface area contributed by atoms with Gasteiger partial charge in [-0.05, 0) is 36.3 Å². The number of fused-ring (bicyclic) bond motifs is 1. The number of aliphatic carboxylic acids is 1. The summed E-state index contributed by atoms with van der Waals surface area (Å²) in [6.45, 7) is 3.07. The number of carboxylic acids is 1. The van der Waals surface area contributed by atoms with E-state index in [-0.39, 0.29) is 17.7 Å². The molecule has 3 atom stereocenters. The van der Waals surface area contributed by atoms with Crippen molar-refractivity contribution in [3.8, 4) is 0 Å². The summed E-state index contributed by atoms with van der Waals surface area (Å²) in [4.78, 5) is 25.8. The minimum absolute atomic E-state index is 0.0825. The monoisotopic (exact) mass is 287 g/mol. The summed E-state index contributed by atoms with van der Waals surface area (Å²) >= 11 is 0. The predicted octanol–water partition coefficient (Wildman–Crippen LogP) is 2.29. The highest BCUT2D eigenvalue weighted by molar-refractivity contribution is 5.85. The first-order valence-corrected chi connectivity index (χ1v) is 7.65. The first-order valence-electron chi connectivity index (χ1n) is 7.65. The van der Waals surface area contributed by atoms with Crippen LogP contribution in [0.4, 0.5) is 0 Å². The number of hydrogen-bond acceptors (Lipinski definition) is 2. The van der Waals surface area contributed by atoms with E-state index < -0.39 is 11.9 Å². The van der Waals surface area contributed by atoms with Gasteiger partial charge in [0.2, 0.25) is 5.91 Å². The topological polar surface area (TPSA) is 57.6 Å². The molecule has 3 rings (SSSR count). The molecule has 1 aliphatic heterocycles.